The molecular weight excluding hydrogens is 272 g/mol. The van der Waals surface area contributed by atoms with E-state index < -0.39 is 20.7 Å². The van der Waals surface area contributed by atoms with E-state index in [0.717, 1.165) is 19.4 Å². The molecule has 2 atom stereocenters. The second kappa shape index (κ2) is 6.98. The molecule has 1 aliphatic rings. The van der Waals surface area contributed by atoms with Crippen molar-refractivity contribution in [3.63, 3.8) is 0 Å². The van der Waals surface area contributed by atoms with Crippen LogP contribution in [0.25, 0.3) is 0 Å². The molecule has 1 unspecified atom stereocenters. The van der Waals surface area contributed by atoms with Crippen LogP contribution < -0.4 is 0 Å². The van der Waals surface area contributed by atoms with Crippen LogP contribution in [0.2, 0.25) is 18.1 Å². The summed E-state index contributed by atoms with van der Waals surface area (Å²) in [4.78, 5) is 11.5. The van der Waals surface area contributed by atoms with Gasteiger partial charge in [0.2, 0.25) is 0 Å². The number of unbranched alkanes of at least 4 members (excludes halogenated alkanes) is 1. The number of aliphatic hydroxyl groups is 1. The molecule has 1 heterocycles. The summed E-state index contributed by atoms with van der Waals surface area (Å²) in [5.74, 6) is -0.0550. The molecule has 0 bridgehead atoms. The summed E-state index contributed by atoms with van der Waals surface area (Å²) in [7, 11) is -1.67. The zero-order valence-electron chi connectivity index (χ0n) is 13.3. The van der Waals surface area contributed by atoms with Crippen LogP contribution in [-0.2, 0) is 14.0 Å². The summed E-state index contributed by atoms with van der Waals surface area (Å²) in [5.41, 5.74) is 0. The molecule has 0 amide bonds. The number of carbonyl (C=O) groups excluding carboxylic acids is 1. The van der Waals surface area contributed by atoms with Crippen molar-refractivity contribution in [3.05, 3.63) is 12.2 Å². The zero-order chi connectivity index (χ0) is 15.4. The highest BCUT2D eigenvalue weighted by Crippen LogP contribution is 2.36. The fraction of sp³-hybridized carbons (Fsp3) is 0.800. The van der Waals surface area contributed by atoms with Gasteiger partial charge in [-0.25, -0.2) is 0 Å². The second-order valence-corrected chi connectivity index (χ2v) is 11.7. The predicted octanol–water partition coefficient (Wildman–Crippen LogP) is 3.02. The summed E-state index contributed by atoms with van der Waals surface area (Å²) in [6.07, 6.45) is 3.76. The lowest BCUT2D eigenvalue weighted by Crippen LogP contribution is -2.41. The van der Waals surface area contributed by atoms with Crippen molar-refractivity contribution in [2.45, 2.75) is 70.6 Å². The van der Waals surface area contributed by atoms with Crippen LogP contribution in [-0.4, -0.2) is 38.2 Å². The molecular formula is C15H28O4Si. The van der Waals surface area contributed by atoms with Crippen LogP contribution in [0.3, 0.4) is 0 Å². The fourth-order valence-corrected chi connectivity index (χ4v) is 2.84. The minimum atomic E-state index is -1.67. The first kappa shape index (κ1) is 17.6. The van der Waals surface area contributed by atoms with Crippen molar-refractivity contribution < 1.29 is 19.1 Å². The second-order valence-electron chi connectivity index (χ2n) is 6.88. The molecule has 0 aliphatic carbocycles. The molecule has 0 aromatic heterocycles. The van der Waals surface area contributed by atoms with E-state index >= 15 is 0 Å². The molecule has 116 valence electrons. The van der Waals surface area contributed by atoms with Gasteiger partial charge in [-0.15, -0.1) is 0 Å². The third-order valence-corrected chi connectivity index (χ3v) is 8.71. The van der Waals surface area contributed by atoms with E-state index in [1.54, 1.807) is 0 Å². The predicted molar refractivity (Wildman–Crippen MR) is 82.0 cm³/mol. The topological polar surface area (TPSA) is 55.8 Å². The Morgan fingerprint density at radius 2 is 2.00 bits per heavy atom. The van der Waals surface area contributed by atoms with Gasteiger partial charge in [-0.1, -0.05) is 20.8 Å². The summed E-state index contributed by atoms with van der Waals surface area (Å²) >= 11 is 0. The number of ether oxygens (including phenoxy) is 1. The molecule has 1 aliphatic heterocycles. The normalized spacial score (nSPS) is 24.2. The number of aliphatic hydroxyl groups excluding tert-OH is 1. The van der Waals surface area contributed by atoms with E-state index in [9.17, 15) is 9.90 Å². The van der Waals surface area contributed by atoms with E-state index in [1.807, 2.05) is 0 Å². The quantitative estimate of drug-likeness (QED) is 0.605. The number of hydrogen-bond donors (Lipinski definition) is 1. The van der Waals surface area contributed by atoms with Gasteiger partial charge in [0.15, 0.2) is 20.4 Å². The minimum absolute atomic E-state index is 0.0550. The molecule has 0 saturated carbocycles. The first-order valence-electron chi connectivity index (χ1n) is 7.33. The molecule has 0 fully saturated rings. The Labute approximate surface area is 123 Å². The highest BCUT2D eigenvalue weighted by molar-refractivity contribution is 6.74. The smallest absolute Gasteiger partial charge is 0.191 e. The third kappa shape index (κ3) is 5.13. The summed E-state index contributed by atoms with van der Waals surface area (Å²) in [5, 5.41) is 9.54. The van der Waals surface area contributed by atoms with Crippen LogP contribution in [0.15, 0.2) is 12.2 Å². The molecule has 0 aromatic carbocycles. The van der Waals surface area contributed by atoms with Gasteiger partial charge >= 0.3 is 0 Å². The Morgan fingerprint density at radius 3 is 2.60 bits per heavy atom. The molecule has 1 N–H and O–H groups in total. The number of ketones is 1. The Morgan fingerprint density at radius 1 is 1.35 bits per heavy atom. The Hall–Kier alpha value is -0.493. The van der Waals surface area contributed by atoms with Crippen molar-refractivity contribution >= 4 is 14.1 Å². The molecule has 0 radical (unpaired) electrons. The maximum Gasteiger partial charge on any atom is 0.191 e. The molecule has 5 heteroatoms. The van der Waals surface area contributed by atoms with Crippen LogP contribution in [0.4, 0.5) is 0 Å². The fourth-order valence-electron chi connectivity index (χ4n) is 1.75. The largest absolute Gasteiger partial charge is 0.417 e. The lowest BCUT2D eigenvalue weighted by atomic mass is 10.1. The van der Waals surface area contributed by atoms with Gasteiger partial charge in [0.25, 0.3) is 0 Å². The van der Waals surface area contributed by atoms with E-state index in [2.05, 4.69) is 33.9 Å². The van der Waals surface area contributed by atoms with Crippen LogP contribution in [0, 0.1) is 0 Å². The van der Waals surface area contributed by atoms with Crippen molar-refractivity contribution in [1.82, 2.24) is 0 Å². The first-order chi connectivity index (χ1) is 9.13. The van der Waals surface area contributed by atoms with Crippen LogP contribution >= 0.6 is 0 Å². The maximum absolute atomic E-state index is 11.5. The third-order valence-electron chi connectivity index (χ3n) is 4.18. The van der Waals surface area contributed by atoms with Crippen molar-refractivity contribution in [2.24, 2.45) is 0 Å². The summed E-state index contributed by atoms with van der Waals surface area (Å²) in [6, 6.07) is 0. The molecule has 0 aromatic rings. The van der Waals surface area contributed by atoms with Gasteiger partial charge in [-0.2, -0.15) is 0 Å². The zero-order valence-corrected chi connectivity index (χ0v) is 14.3. The average molecular weight is 300 g/mol. The van der Waals surface area contributed by atoms with Crippen molar-refractivity contribution in [1.29, 1.82) is 0 Å². The highest BCUT2D eigenvalue weighted by atomic mass is 28.4. The molecule has 1 rings (SSSR count). The monoisotopic (exact) mass is 300 g/mol. The lowest BCUT2D eigenvalue weighted by Gasteiger charge is -2.36. The molecule has 20 heavy (non-hydrogen) atoms. The standard InChI is InChI=1S/C15H28O4Si/c1-15(2,3)20(4,5)18-11-7-6-8-13-12(16)9-10-14(17)19-13/h9-10,13-14,17H,6-8,11H2,1-5H3/t13-,14?/m0/s1. The average Bonchev–Trinajstić information content (AvgIpc) is 2.31. The van der Waals surface area contributed by atoms with Gasteiger partial charge in [-0.05, 0) is 49.5 Å². The van der Waals surface area contributed by atoms with Gasteiger partial charge < -0.3 is 14.3 Å². The van der Waals surface area contributed by atoms with E-state index in [-0.39, 0.29) is 10.8 Å². The molecule has 0 saturated heterocycles. The van der Waals surface area contributed by atoms with E-state index in [1.165, 1.54) is 12.2 Å². The van der Waals surface area contributed by atoms with Gasteiger partial charge in [-0.3, -0.25) is 4.79 Å². The molecule has 4 nitrogen and oxygen atoms in total. The summed E-state index contributed by atoms with van der Waals surface area (Å²) in [6.45, 7) is 11.9. The van der Waals surface area contributed by atoms with E-state index in [4.69, 9.17) is 9.16 Å². The maximum atomic E-state index is 11.5. The first-order valence-corrected chi connectivity index (χ1v) is 10.2. The highest BCUT2D eigenvalue weighted by Gasteiger charge is 2.36. The Kier molecular flexibility index (Phi) is 6.13. The molecule has 0 spiro atoms. The van der Waals surface area contributed by atoms with Crippen LogP contribution in [0.5, 0.6) is 0 Å². The minimum Gasteiger partial charge on any atom is -0.417 e. The van der Waals surface area contributed by atoms with Gasteiger partial charge in [0.1, 0.15) is 6.10 Å². The Bertz CT molecular complexity index is 357. The van der Waals surface area contributed by atoms with Crippen molar-refractivity contribution in [2.75, 3.05) is 6.61 Å². The van der Waals surface area contributed by atoms with Gasteiger partial charge in [0, 0.05) is 6.61 Å². The summed E-state index contributed by atoms with van der Waals surface area (Å²) < 4.78 is 11.3. The number of rotatable bonds is 6. The number of carbonyl (C=O) groups is 1. The SMILES string of the molecule is CC(C)(C)[Si](C)(C)OCCCC[C@@H]1OC(O)C=CC1=O. The van der Waals surface area contributed by atoms with Gasteiger partial charge in [0.05, 0.1) is 0 Å². The Balaban J connectivity index is 2.23. The van der Waals surface area contributed by atoms with E-state index in [0.29, 0.717) is 6.42 Å². The number of hydrogen-bond acceptors (Lipinski definition) is 4. The lowest BCUT2D eigenvalue weighted by molar-refractivity contribution is -0.149. The van der Waals surface area contributed by atoms with Crippen molar-refractivity contribution in [3.8, 4) is 0 Å². The van der Waals surface area contributed by atoms with Crippen LogP contribution in [0.1, 0.15) is 40.0 Å².